The maximum atomic E-state index is 11.8. The monoisotopic (exact) mass is 394 g/mol. The number of methoxy groups -OCH3 is 1. The average Bonchev–Trinajstić information content (AvgIpc) is 2.72. The van der Waals surface area contributed by atoms with E-state index < -0.39 is 0 Å². The van der Waals surface area contributed by atoms with Crippen molar-refractivity contribution in [1.82, 2.24) is 9.80 Å². The highest BCUT2D eigenvalue weighted by molar-refractivity contribution is 5.89. The second kappa shape index (κ2) is 9.25. The van der Waals surface area contributed by atoms with Crippen molar-refractivity contribution in [3.8, 4) is 5.75 Å². The van der Waals surface area contributed by atoms with Crippen LogP contribution in [0.5, 0.6) is 5.75 Å². The van der Waals surface area contributed by atoms with Crippen molar-refractivity contribution >= 4 is 5.97 Å². The van der Waals surface area contributed by atoms with Crippen LogP contribution >= 0.6 is 0 Å². The van der Waals surface area contributed by atoms with Crippen molar-refractivity contribution in [2.75, 3.05) is 26.7 Å². The molecule has 154 valence electrons. The Morgan fingerprint density at radius 3 is 2.52 bits per heavy atom. The molecule has 1 aliphatic heterocycles. The highest BCUT2D eigenvalue weighted by Gasteiger charge is 2.34. The molecule has 1 N–H and O–H groups in total. The third kappa shape index (κ3) is 4.69. The van der Waals surface area contributed by atoms with Gasteiger partial charge in [-0.05, 0) is 49.2 Å². The number of esters is 1. The van der Waals surface area contributed by atoms with Gasteiger partial charge in [0.15, 0.2) is 0 Å². The minimum absolute atomic E-state index is 0.0165. The lowest BCUT2D eigenvalue weighted by atomic mass is 9.93. The number of benzene rings is 2. The molecule has 0 aromatic heterocycles. The third-order valence-electron chi connectivity index (χ3n) is 5.69. The maximum Gasteiger partial charge on any atom is 0.337 e. The lowest BCUT2D eigenvalue weighted by Crippen LogP contribution is -2.57. The minimum Gasteiger partial charge on any atom is -0.508 e. The van der Waals surface area contributed by atoms with Gasteiger partial charge in [0, 0.05) is 31.7 Å². The van der Waals surface area contributed by atoms with Crippen LogP contribution in [-0.2, 0) is 4.74 Å². The zero-order chi connectivity index (χ0) is 21.0. The molecule has 2 aromatic carbocycles. The van der Waals surface area contributed by atoms with Crippen LogP contribution in [0.1, 0.15) is 41.4 Å². The molecule has 1 saturated heterocycles. The van der Waals surface area contributed by atoms with Gasteiger partial charge < -0.3 is 9.84 Å². The van der Waals surface area contributed by atoms with Crippen molar-refractivity contribution < 1.29 is 14.6 Å². The second-order valence-electron chi connectivity index (χ2n) is 7.75. The van der Waals surface area contributed by atoms with Gasteiger partial charge in [-0.15, -0.1) is 6.58 Å². The Morgan fingerprint density at radius 2 is 1.90 bits per heavy atom. The zero-order valence-electron chi connectivity index (χ0n) is 17.4. The van der Waals surface area contributed by atoms with Gasteiger partial charge >= 0.3 is 5.97 Å². The molecule has 29 heavy (non-hydrogen) atoms. The molecule has 0 bridgehead atoms. The number of rotatable bonds is 6. The average molecular weight is 395 g/mol. The van der Waals surface area contributed by atoms with Gasteiger partial charge in [-0.3, -0.25) is 9.80 Å². The van der Waals surface area contributed by atoms with E-state index in [4.69, 9.17) is 4.74 Å². The topological polar surface area (TPSA) is 53.0 Å². The summed E-state index contributed by atoms with van der Waals surface area (Å²) in [5.41, 5.74) is 2.65. The Kier molecular flexibility index (Phi) is 6.72. The Hall–Kier alpha value is -2.63. The van der Waals surface area contributed by atoms with E-state index in [0.29, 0.717) is 17.6 Å². The number of carbonyl (C=O) groups excluding carboxylic acids is 1. The summed E-state index contributed by atoms with van der Waals surface area (Å²) in [7, 11) is 1.39. The van der Waals surface area contributed by atoms with Crippen molar-refractivity contribution in [2.24, 2.45) is 0 Å². The molecular formula is C24H30N2O3. The van der Waals surface area contributed by atoms with Crippen molar-refractivity contribution in [3.63, 3.8) is 0 Å². The maximum absolute atomic E-state index is 11.8. The number of hydrogen-bond donors (Lipinski definition) is 1. The number of piperazine rings is 1. The standard InChI is InChI=1S/C24H30N2O3/c1-5-13-25-15-18(3)26(16-17(25)2)23(21-7-6-8-22(27)14-21)19-9-11-20(12-10-19)24(28)29-4/h5-12,14,17-18,23,27H,1,13,15-16H2,2-4H3. The Balaban J connectivity index is 1.98. The summed E-state index contributed by atoms with van der Waals surface area (Å²) in [5.74, 6) is -0.0878. The molecule has 0 amide bonds. The molecule has 1 aliphatic rings. The summed E-state index contributed by atoms with van der Waals surface area (Å²) in [5, 5.41) is 10.1. The minimum atomic E-state index is -0.342. The first-order valence-electron chi connectivity index (χ1n) is 10.0. The van der Waals surface area contributed by atoms with Gasteiger partial charge in [0.2, 0.25) is 0 Å². The smallest absolute Gasteiger partial charge is 0.337 e. The fourth-order valence-electron chi connectivity index (χ4n) is 4.19. The predicted molar refractivity (Wildman–Crippen MR) is 115 cm³/mol. The number of ether oxygens (including phenoxy) is 1. The Labute approximate surface area is 173 Å². The molecule has 5 heteroatoms. The lowest BCUT2D eigenvalue weighted by molar-refractivity contribution is 0.0306. The number of hydrogen-bond acceptors (Lipinski definition) is 5. The molecule has 5 nitrogen and oxygen atoms in total. The van der Waals surface area contributed by atoms with E-state index in [9.17, 15) is 9.90 Å². The highest BCUT2D eigenvalue weighted by Crippen LogP contribution is 2.34. The third-order valence-corrected chi connectivity index (χ3v) is 5.69. The van der Waals surface area contributed by atoms with Crippen molar-refractivity contribution in [2.45, 2.75) is 32.0 Å². The van der Waals surface area contributed by atoms with Gasteiger partial charge in [-0.2, -0.15) is 0 Å². The Bertz CT molecular complexity index is 849. The van der Waals surface area contributed by atoms with Crippen LogP contribution in [0.25, 0.3) is 0 Å². The predicted octanol–water partition coefficient (Wildman–Crippen LogP) is 3.85. The van der Waals surface area contributed by atoms with E-state index in [2.05, 4.69) is 30.2 Å². The zero-order valence-corrected chi connectivity index (χ0v) is 17.4. The molecule has 3 atom stereocenters. The molecular weight excluding hydrogens is 364 g/mol. The van der Waals surface area contributed by atoms with Crippen LogP contribution in [0.3, 0.4) is 0 Å². The van der Waals surface area contributed by atoms with E-state index in [1.165, 1.54) is 7.11 Å². The fourth-order valence-corrected chi connectivity index (χ4v) is 4.19. The van der Waals surface area contributed by atoms with E-state index >= 15 is 0 Å². The molecule has 3 rings (SSSR count). The lowest BCUT2D eigenvalue weighted by Gasteiger charge is -2.47. The van der Waals surface area contributed by atoms with Gasteiger partial charge in [0.05, 0.1) is 18.7 Å². The van der Waals surface area contributed by atoms with E-state index in [0.717, 1.165) is 30.8 Å². The van der Waals surface area contributed by atoms with Crippen molar-refractivity contribution in [1.29, 1.82) is 0 Å². The van der Waals surface area contributed by atoms with Gasteiger partial charge in [-0.1, -0.05) is 30.3 Å². The van der Waals surface area contributed by atoms with E-state index in [1.54, 1.807) is 18.2 Å². The first-order chi connectivity index (χ1) is 13.9. The molecule has 0 spiro atoms. The van der Waals surface area contributed by atoms with E-state index in [-0.39, 0.29) is 17.8 Å². The van der Waals surface area contributed by atoms with Crippen LogP contribution < -0.4 is 0 Å². The molecule has 0 saturated carbocycles. The SMILES string of the molecule is C=CCN1CC(C)N(C(c2ccc(C(=O)OC)cc2)c2cccc(O)c2)CC1C. The molecule has 3 unspecified atom stereocenters. The Morgan fingerprint density at radius 1 is 1.17 bits per heavy atom. The van der Waals surface area contributed by atoms with Crippen LogP contribution in [0.15, 0.2) is 61.2 Å². The van der Waals surface area contributed by atoms with Crippen molar-refractivity contribution in [3.05, 3.63) is 77.9 Å². The quantitative estimate of drug-likeness (QED) is 0.596. The fraction of sp³-hybridized carbons (Fsp3) is 0.375. The van der Waals surface area contributed by atoms with E-state index in [1.807, 2.05) is 36.4 Å². The number of carbonyl (C=O) groups is 1. The van der Waals surface area contributed by atoms with Crippen LogP contribution in [0.2, 0.25) is 0 Å². The van der Waals surface area contributed by atoms with Crippen LogP contribution in [0.4, 0.5) is 0 Å². The first kappa shape index (κ1) is 21.1. The molecule has 1 fully saturated rings. The summed E-state index contributed by atoms with van der Waals surface area (Å²) in [6.45, 7) is 11.1. The number of nitrogens with zero attached hydrogens (tertiary/aromatic N) is 2. The molecule has 2 aromatic rings. The van der Waals surface area contributed by atoms with Crippen LogP contribution in [0, 0.1) is 0 Å². The second-order valence-corrected chi connectivity index (χ2v) is 7.75. The number of aromatic hydroxyl groups is 1. The summed E-state index contributed by atoms with van der Waals surface area (Å²) in [6.07, 6.45) is 1.96. The van der Waals surface area contributed by atoms with Gasteiger partial charge in [0.1, 0.15) is 5.75 Å². The van der Waals surface area contributed by atoms with Gasteiger partial charge in [0.25, 0.3) is 0 Å². The normalized spacial score (nSPS) is 21.5. The first-order valence-corrected chi connectivity index (χ1v) is 10.0. The summed E-state index contributed by atoms with van der Waals surface area (Å²) >= 11 is 0. The number of phenolic OH excluding ortho intramolecular Hbond substituents is 1. The molecule has 1 heterocycles. The molecule has 0 radical (unpaired) electrons. The van der Waals surface area contributed by atoms with Gasteiger partial charge in [-0.25, -0.2) is 4.79 Å². The summed E-state index contributed by atoms with van der Waals surface area (Å²) < 4.78 is 4.82. The number of phenols is 1. The summed E-state index contributed by atoms with van der Waals surface area (Å²) in [4.78, 5) is 16.7. The van der Waals surface area contributed by atoms with Crippen LogP contribution in [-0.4, -0.2) is 59.7 Å². The largest absolute Gasteiger partial charge is 0.508 e. The summed E-state index contributed by atoms with van der Waals surface area (Å²) in [6, 6.07) is 15.7. The molecule has 0 aliphatic carbocycles. The highest BCUT2D eigenvalue weighted by atomic mass is 16.5.